The molecule has 1 heterocycles. The molecule has 1 aromatic rings. The van der Waals surface area contributed by atoms with Gasteiger partial charge in [-0.3, -0.25) is 0 Å². The SMILES string of the molecule is CCNC(c1cscc1C)C1CCC(CC)CC1. The van der Waals surface area contributed by atoms with Crippen LogP contribution >= 0.6 is 11.3 Å². The Bertz CT molecular complexity index is 350. The van der Waals surface area contributed by atoms with Crippen molar-refractivity contribution in [2.45, 2.75) is 58.9 Å². The highest BCUT2D eigenvalue weighted by Crippen LogP contribution is 2.39. The van der Waals surface area contributed by atoms with Gasteiger partial charge in [-0.05, 0) is 60.0 Å². The molecule has 102 valence electrons. The van der Waals surface area contributed by atoms with Crippen molar-refractivity contribution in [3.8, 4) is 0 Å². The second kappa shape index (κ2) is 6.72. The Hall–Kier alpha value is -0.340. The fourth-order valence-electron chi connectivity index (χ4n) is 3.37. The quantitative estimate of drug-likeness (QED) is 0.796. The molecule has 1 unspecified atom stereocenters. The van der Waals surface area contributed by atoms with Crippen molar-refractivity contribution in [2.75, 3.05) is 6.54 Å². The Morgan fingerprint density at radius 2 is 1.94 bits per heavy atom. The van der Waals surface area contributed by atoms with Crippen molar-refractivity contribution in [3.05, 3.63) is 21.9 Å². The normalized spacial score (nSPS) is 26.2. The first-order valence-electron chi connectivity index (χ1n) is 7.52. The van der Waals surface area contributed by atoms with Crippen LogP contribution in [0.15, 0.2) is 10.8 Å². The summed E-state index contributed by atoms with van der Waals surface area (Å²) in [7, 11) is 0. The molecule has 1 N–H and O–H groups in total. The molecule has 0 bridgehead atoms. The van der Waals surface area contributed by atoms with Crippen LogP contribution in [0.4, 0.5) is 0 Å². The summed E-state index contributed by atoms with van der Waals surface area (Å²) >= 11 is 1.85. The maximum absolute atomic E-state index is 3.74. The van der Waals surface area contributed by atoms with Gasteiger partial charge < -0.3 is 5.32 Å². The summed E-state index contributed by atoms with van der Waals surface area (Å²) in [4.78, 5) is 0. The van der Waals surface area contributed by atoms with E-state index >= 15 is 0 Å². The number of rotatable bonds is 5. The van der Waals surface area contributed by atoms with Crippen molar-refractivity contribution in [2.24, 2.45) is 11.8 Å². The van der Waals surface area contributed by atoms with Crippen molar-refractivity contribution >= 4 is 11.3 Å². The van der Waals surface area contributed by atoms with Crippen molar-refractivity contribution < 1.29 is 0 Å². The summed E-state index contributed by atoms with van der Waals surface area (Å²) in [5.74, 6) is 1.84. The molecule has 1 aliphatic carbocycles. The summed E-state index contributed by atoms with van der Waals surface area (Å²) in [6, 6.07) is 0.596. The lowest BCUT2D eigenvalue weighted by Crippen LogP contribution is -2.31. The second-order valence-corrected chi connectivity index (χ2v) is 6.48. The number of hydrogen-bond acceptors (Lipinski definition) is 2. The zero-order valence-electron chi connectivity index (χ0n) is 12.0. The van der Waals surface area contributed by atoms with Gasteiger partial charge in [-0.15, -0.1) is 0 Å². The average Bonchev–Trinajstić information content (AvgIpc) is 2.82. The highest BCUT2D eigenvalue weighted by Gasteiger charge is 2.28. The van der Waals surface area contributed by atoms with Gasteiger partial charge in [-0.2, -0.15) is 11.3 Å². The molecule has 1 aliphatic rings. The van der Waals surface area contributed by atoms with Gasteiger partial charge in [0.2, 0.25) is 0 Å². The highest BCUT2D eigenvalue weighted by atomic mass is 32.1. The van der Waals surface area contributed by atoms with E-state index in [-0.39, 0.29) is 0 Å². The van der Waals surface area contributed by atoms with Gasteiger partial charge >= 0.3 is 0 Å². The predicted molar refractivity (Wildman–Crippen MR) is 81.2 cm³/mol. The van der Waals surface area contributed by atoms with E-state index in [0.29, 0.717) is 6.04 Å². The molecule has 2 heteroatoms. The molecular weight excluding hydrogens is 238 g/mol. The summed E-state index contributed by atoms with van der Waals surface area (Å²) < 4.78 is 0. The van der Waals surface area contributed by atoms with Crippen LogP contribution in [0, 0.1) is 18.8 Å². The maximum Gasteiger partial charge on any atom is 0.0359 e. The summed E-state index contributed by atoms with van der Waals surface area (Å²) in [5, 5.41) is 8.38. The van der Waals surface area contributed by atoms with Gasteiger partial charge in [0.15, 0.2) is 0 Å². The Morgan fingerprint density at radius 1 is 1.22 bits per heavy atom. The van der Waals surface area contributed by atoms with E-state index in [4.69, 9.17) is 0 Å². The van der Waals surface area contributed by atoms with Gasteiger partial charge in [0.05, 0.1) is 0 Å². The van der Waals surface area contributed by atoms with E-state index in [2.05, 4.69) is 36.8 Å². The van der Waals surface area contributed by atoms with Crippen LogP contribution < -0.4 is 5.32 Å². The van der Waals surface area contributed by atoms with Gasteiger partial charge in [-0.1, -0.05) is 33.1 Å². The zero-order valence-corrected chi connectivity index (χ0v) is 12.9. The minimum atomic E-state index is 0.596. The fraction of sp³-hybridized carbons (Fsp3) is 0.750. The highest BCUT2D eigenvalue weighted by molar-refractivity contribution is 7.08. The van der Waals surface area contributed by atoms with E-state index in [1.54, 1.807) is 5.56 Å². The third-order valence-corrected chi connectivity index (χ3v) is 5.47. The third kappa shape index (κ3) is 3.16. The molecule has 1 atom stereocenters. The summed E-state index contributed by atoms with van der Waals surface area (Å²) in [6.45, 7) is 7.91. The van der Waals surface area contributed by atoms with Crippen molar-refractivity contribution in [1.29, 1.82) is 0 Å². The number of thiophene rings is 1. The molecule has 1 aromatic heterocycles. The van der Waals surface area contributed by atoms with Crippen LogP contribution in [-0.4, -0.2) is 6.54 Å². The Balaban J connectivity index is 2.05. The number of hydrogen-bond donors (Lipinski definition) is 1. The molecule has 0 radical (unpaired) electrons. The first kappa shape index (κ1) is 14.1. The molecule has 0 aromatic carbocycles. The van der Waals surface area contributed by atoms with E-state index in [1.807, 2.05) is 11.3 Å². The molecule has 1 fully saturated rings. The number of aryl methyl sites for hydroxylation is 1. The molecule has 0 aliphatic heterocycles. The van der Waals surface area contributed by atoms with Crippen LogP contribution in [0.25, 0.3) is 0 Å². The first-order valence-corrected chi connectivity index (χ1v) is 8.46. The molecule has 0 spiro atoms. The molecule has 0 saturated heterocycles. The fourth-order valence-corrected chi connectivity index (χ4v) is 4.26. The van der Waals surface area contributed by atoms with Crippen LogP contribution in [0.3, 0.4) is 0 Å². The minimum Gasteiger partial charge on any atom is -0.310 e. The molecule has 1 nitrogen and oxygen atoms in total. The first-order chi connectivity index (χ1) is 8.76. The molecule has 2 rings (SSSR count). The van der Waals surface area contributed by atoms with Gasteiger partial charge in [0, 0.05) is 6.04 Å². The second-order valence-electron chi connectivity index (χ2n) is 5.73. The van der Waals surface area contributed by atoms with E-state index in [9.17, 15) is 0 Å². The van der Waals surface area contributed by atoms with Gasteiger partial charge in [0.25, 0.3) is 0 Å². The smallest absolute Gasteiger partial charge is 0.0359 e. The van der Waals surface area contributed by atoms with Gasteiger partial charge in [-0.25, -0.2) is 0 Å². The summed E-state index contributed by atoms with van der Waals surface area (Å²) in [6.07, 6.45) is 7.06. The Morgan fingerprint density at radius 3 is 2.44 bits per heavy atom. The molecule has 0 amide bonds. The predicted octanol–water partition coefficient (Wildman–Crippen LogP) is 4.92. The Kier molecular flexibility index (Phi) is 5.25. The van der Waals surface area contributed by atoms with Crippen molar-refractivity contribution in [1.82, 2.24) is 5.32 Å². The standard InChI is InChI=1S/C16H27NS/c1-4-13-6-8-14(9-7-13)16(17-5-2)15-11-18-10-12(15)3/h10-11,13-14,16-17H,4-9H2,1-3H3. The third-order valence-electron chi connectivity index (χ3n) is 4.59. The minimum absolute atomic E-state index is 0.596. The molecular formula is C16H27NS. The summed E-state index contributed by atoms with van der Waals surface area (Å²) in [5.41, 5.74) is 3.03. The van der Waals surface area contributed by atoms with E-state index in [0.717, 1.165) is 18.4 Å². The van der Waals surface area contributed by atoms with Crippen LogP contribution in [-0.2, 0) is 0 Å². The largest absolute Gasteiger partial charge is 0.310 e. The van der Waals surface area contributed by atoms with Gasteiger partial charge in [0.1, 0.15) is 0 Å². The van der Waals surface area contributed by atoms with Crippen molar-refractivity contribution in [3.63, 3.8) is 0 Å². The topological polar surface area (TPSA) is 12.0 Å². The van der Waals surface area contributed by atoms with Crippen LogP contribution in [0.1, 0.15) is 63.1 Å². The zero-order chi connectivity index (χ0) is 13.0. The number of nitrogens with one attached hydrogen (secondary N) is 1. The lowest BCUT2D eigenvalue weighted by atomic mass is 9.76. The lowest BCUT2D eigenvalue weighted by molar-refractivity contribution is 0.220. The monoisotopic (exact) mass is 265 g/mol. The van der Waals surface area contributed by atoms with Crippen LogP contribution in [0.5, 0.6) is 0 Å². The maximum atomic E-state index is 3.74. The molecule has 18 heavy (non-hydrogen) atoms. The molecule has 1 saturated carbocycles. The van der Waals surface area contributed by atoms with E-state index < -0.39 is 0 Å². The van der Waals surface area contributed by atoms with E-state index in [1.165, 1.54) is 37.7 Å². The Labute approximate surface area is 116 Å². The van der Waals surface area contributed by atoms with Crippen LogP contribution in [0.2, 0.25) is 0 Å². The lowest BCUT2D eigenvalue weighted by Gasteiger charge is -2.34. The average molecular weight is 265 g/mol.